The second-order valence-corrected chi connectivity index (χ2v) is 4.53. The van der Waals surface area contributed by atoms with Gasteiger partial charge in [0.05, 0.1) is 12.6 Å². The van der Waals surface area contributed by atoms with Crippen LogP contribution < -0.4 is 5.73 Å². The van der Waals surface area contributed by atoms with Gasteiger partial charge < -0.3 is 15.7 Å². The van der Waals surface area contributed by atoms with Crippen LogP contribution in [0.2, 0.25) is 0 Å². The monoisotopic (exact) mass is 234 g/mol. The largest absolute Gasteiger partial charge is 0.387 e. The maximum Gasteiger partial charge on any atom is 0.223 e. The first kappa shape index (κ1) is 12.1. The Morgan fingerprint density at radius 3 is 2.71 bits per heavy atom. The molecule has 1 aromatic carbocycles. The molecule has 2 rings (SSSR count). The Morgan fingerprint density at radius 2 is 2.12 bits per heavy atom. The number of aliphatic hydroxyl groups is 1. The fourth-order valence-electron chi connectivity index (χ4n) is 2.18. The summed E-state index contributed by atoms with van der Waals surface area (Å²) in [5.74, 6) is 0.334. The Kier molecular flexibility index (Phi) is 3.76. The lowest BCUT2D eigenvalue weighted by molar-refractivity contribution is -0.129. The lowest BCUT2D eigenvalue weighted by atomic mass is 10.1. The lowest BCUT2D eigenvalue weighted by Crippen LogP contribution is -2.30. The molecule has 0 radical (unpaired) electrons. The van der Waals surface area contributed by atoms with Gasteiger partial charge in [-0.05, 0) is 18.0 Å². The Bertz CT molecular complexity index is 380. The molecule has 0 aliphatic carbocycles. The van der Waals surface area contributed by atoms with Crippen LogP contribution in [0.1, 0.15) is 18.1 Å². The van der Waals surface area contributed by atoms with Crippen molar-refractivity contribution in [2.45, 2.75) is 12.5 Å². The first-order valence-electron chi connectivity index (χ1n) is 5.91. The minimum absolute atomic E-state index is 0.0930. The summed E-state index contributed by atoms with van der Waals surface area (Å²) in [5.41, 5.74) is 6.40. The lowest BCUT2D eigenvalue weighted by Gasteiger charge is -2.20. The van der Waals surface area contributed by atoms with Crippen molar-refractivity contribution in [2.75, 3.05) is 19.6 Å². The van der Waals surface area contributed by atoms with E-state index in [2.05, 4.69) is 0 Å². The quantitative estimate of drug-likeness (QED) is 0.798. The molecule has 3 N–H and O–H groups in total. The molecule has 92 valence electrons. The van der Waals surface area contributed by atoms with Crippen molar-refractivity contribution < 1.29 is 9.90 Å². The van der Waals surface area contributed by atoms with Gasteiger partial charge in [-0.2, -0.15) is 0 Å². The van der Waals surface area contributed by atoms with Crippen molar-refractivity contribution in [1.29, 1.82) is 0 Å². The molecule has 1 aromatic rings. The highest BCUT2D eigenvalue weighted by Crippen LogP contribution is 2.21. The highest BCUT2D eigenvalue weighted by Gasteiger charge is 2.29. The van der Waals surface area contributed by atoms with Crippen LogP contribution in [-0.2, 0) is 4.79 Å². The zero-order chi connectivity index (χ0) is 12.3. The predicted molar refractivity (Wildman–Crippen MR) is 65.1 cm³/mol. The number of hydrogen-bond donors (Lipinski definition) is 2. The number of β-amino-alcohol motifs (C(OH)–C–C–N with tert-alkyl or cyclic N) is 1. The van der Waals surface area contributed by atoms with E-state index in [-0.39, 0.29) is 11.8 Å². The summed E-state index contributed by atoms with van der Waals surface area (Å²) in [4.78, 5) is 13.4. The molecule has 1 fully saturated rings. The van der Waals surface area contributed by atoms with Crippen LogP contribution >= 0.6 is 0 Å². The summed E-state index contributed by atoms with van der Waals surface area (Å²) >= 11 is 0. The van der Waals surface area contributed by atoms with Crippen LogP contribution in [0.25, 0.3) is 0 Å². The number of hydrogen-bond acceptors (Lipinski definition) is 3. The van der Waals surface area contributed by atoms with Crippen molar-refractivity contribution in [2.24, 2.45) is 11.7 Å². The second kappa shape index (κ2) is 5.29. The molecule has 1 aliphatic heterocycles. The first-order valence-corrected chi connectivity index (χ1v) is 5.91. The number of carbonyl (C=O) groups is 1. The van der Waals surface area contributed by atoms with Gasteiger partial charge in [0.25, 0.3) is 0 Å². The summed E-state index contributed by atoms with van der Waals surface area (Å²) in [6, 6.07) is 9.40. The van der Waals surface area contributed by atoms with Gasteiger partial charge in [-0.25, -0.2) is 0 Å². The zero-order valence-corrected chi connectivity index (χ0v) is 9.75. The van der Waals surface area contributed by atoms with Crippen LogP contribution in [0.15, 0.2) is 30.3 Å². The average molecular weight is 234 g/mol. The molecule has 1 aliphatic rings. The molecule has 0 spiro atoms. The van der Waals surface area contributed by atoms with Crippen LogP contribution in [0.5, 0.6) is 0 Å². The van der Waals surface area contributed by atoms with E-state index in [9.17, 15) is 9.90 Å². The molecule has 0 bridgehead atoms. The van der Waals surface area contributed by atoms with E-state index in [4.69, 9.17) is 5.73 Å². The van der Waals surface area contributed by atoms with Crippen molar-refractivity contribution in [3.8, 4) is 0 Å². The van der Waals surface area contributed by atoms with E-state index >= 15 is 0 Å². The highest BCUT2D eigenvalue weighted by atomic mass is 16.3. The topological polar surface area (TPSA) is 66.6 Å². The minimum Gasteiger partial charge on any atom is -0.387 e. The van der Waals surface area contributed by atoms with Crippen LogP contribution in [-0.4, -0.2) is 35.5 Å². The summed E-state index contributed by atoms with van der Waals surface area (Å²) in [7, 11) is 0. The minimum atomic E-state index is -0.614. The Morgan fingerprint density at radius 1 is 1.41 bits per heavy atom. The number of aliphatic hydroxyl groups excluding tert-OH is 1. The number of nitrogens with zero attached hydrogens (tertiary/aromatic N) is 1. The molecule has 1 amide bonds. The fourth-order valence-corrected chi connectivity index (χ4v) is 2.18. The Labute approximate surface area is 101 Å². The highest BCUT2D eigenvalue weighted by molar-refractivity contribution is 5.78. The molecule has 4 heteroatoms. The SMILES string of the molecule is NCC1CC(=O)N(C[C@@H](O)c2ccccc2)C1. The molecular weight excluding hydrogens is 216 g/mol. The molecule has 2 atom stereocenters. The van der Waals surface area contributed by atoms with E-state index in [1.165, 1.54) is 0 Å². The molecule has 17 heavy (non-hydrogen) atoms. The van der Waals surface area contributed by atoms with E-state index in [1.807, 2.05) is 30.3 Å². The number of rotatable bonds is 4. The molecule has 1 unspecified atom stereocenters. The van der Waals surface area contributed by atoms with Gasteiger partial charge in [0.1, 0.15) is 0 Å². The maximum absolute atomic E-state index is 11.7. The first-order chi connectivity index (χ1) is 8.20. The van der Waals surface area contributed by atoms with Crippen LogP contribution in [0.4, 0.5) is 0 Å². The van der Waals surface area contributed by atoms with Gasteiger partial charge in [0.2, 0.25) is 5.91 Å². The van der Waals surface area contributed by atoms with Crippen molar-refractivity contribution in [3.05, 3.63) is 35.9 Å². The zero-order valence-electron chi connectivity index (χ0n) is 9.75. The third-order valence-electron chi connectivity index (χ3n) is 3.21. The number of likely N-dealkylation sites (tertiary alicyclic amines) is 1. The molecular formula is C13H18N2O2. The van der Waals surface area contributed by atoms with Crippen molar-refractivity contribution in [3.63, 3.8) is 0 Å². The second-order valence-electron chi connectivity index (χ2n) is 4.53. The van der Waals surface area contributed by atoms with Gasteiger partial charge >= 0.3 is 0 Å². The van der Waals surface area contributed by atoms with Gasteiger partial charge in [-0.3, -0.25) is 4.79 Å². The number of benzene rings is 1. The van der Waals surface area contributed by atoms with E-state index < -0.39 is 6.10 Å². The summed E-state index contributed by atoms with van der Waals surface area (Å²) in [6.45, 7) is 1.56. The molecule has 1 saturated heterocycles. The smallest absolute Gasteiger partial charge is 0.223 e. The summed E-state index contributed by atoms with van der Waals surface area (Å²) < 4.78 is 0. The average Bonchev–Trinajstić information content (AvgIpc) is 2.71. The van der Waals surface area contributed by atoms with Crippen molar-refractivity contribution in [1.82, 2.24) is 4.90 Å². The Hall–Kier alpha value is -1.39. The third-order valence-corrected chi connectivity index (χ3v) is 3.21. The molecule has 1 heterocycles. The maximum atomic E-state index is 11.7. The summed E-state index contributed by atoms with van der Waals surface area (Å²) in [5, 5.41) is 10.0. The molecule has 0 saturated carbocycles. The predicted octanol–water partition coefficient (Wildman–Crippen LogP) is 0.527. The van der Waals surface area contributed by atoms with Crippen LogP contribution in [0.3, 0.4) is 0 Å². The van der Waals surface area contributed by atoms with E-state index in [0.29, 0.717) is 26.1 Å². The fraction of sp³-hybridized carbons (Fsp3) is 0.462. The van der Waals surface area contributed by atoms with Gasteiger partial charge in [0, 0.05) is 13.0 Å². The van der Waals surface area contributed by atoms with Gasteiger partial charge in [-0.1, -0.05) is 30.3 Å². The summed E-state index contributed by atoms with van der Waals surface area (Å²) in [6.07, 6.45) is -0.102. The third kappa shape index (κ3) is 2.84. The van der Waals surface area contributed by atoms with E-state index in [1.54, 1.807) is 4.90 Å². The number of nitrogens with two attached hydrogens (primary N) is 1. The molecule has 4 nitrogen and oxygen atoms in total. The van der Waals surface area contributed by atoms with Gasteiger partial charge in [0.15, 0.2) is 0 Å². The number of amides is 1. The molecule has 0 aromatic heterocycles. The van der Waals surface area contributed by atoms with Crippen molar-refractivity contribution >= 4 is 5.91 Å². The van der Waals surface area contributed by atoms with Gasteiger partial charge in [-0.15, -0.1) is 0 Å². The van der Waals surface area contributed by atoms with E-state index in [0.717, 1.165) is 5.56 Å². The standard InChI is InChI=1S/C13H18N2O2/c14-7-10-6-13(17)15(8-10)9-12(16)11-4-2-1-3-5-11/h1-5,10,12,16H,6-9,14H2/t10?,12-/m1/s1. The Balaban J connectivity index is 1.95. The number of carbonyl (C=O) groups excluding carboxylic acids is 1. The normalized spacial score (nSPS) is 21.9. The van der Waals surface area contributed by atoms with Crippen LogP contribution in [0, 0.1) is 5.92 Å².